The van der Waals surface area contributed by atoms with E-state index in [4.69, 9.17) is 9.47 Å². The Morgan fingerprint density at radius 3 is 2.43 bits per heavy atom. The van der Waals surface area contributed by atoms with E-state index in [-0.39, 0.29) is 18.6 Å². The fourth-order valence-electron chi connectivity index (χ4n) is 2.67. The normalized spacial score (nSPS) is 32.5. The summed E-state index contributed by atoms with van der Waals surface area (Å²) < 4.78 is 10.8. The van der Waals surface area contributed by atoms with Gasteiger partial charge in [0.05, 0.1) is 6.10 Å². The van der Waals surface area contributed by atoms with Crippen molar-refractivity contribution in [2.24, 2.45) is 0 Å². The van der Waals surface area contributed by atoms with Gasteiger partial charge in [0.2, 0.25) is 5.79 Å². The lowest BCUT2D eigenvalue weighted by Gasteiger charge is -2.44. The molecule has 1 fully saturated rings. The molecular weight excluding hydrogens is 272 g/mol. The first-order valence-electron chi connectivity index (χ1n) is 6.96. The first kappa shape index (κ1) is 15.7. The zero-order chi connectivity index (χ0) is 15.7. The highest BCUT2D eigenvalue weighted by Crippen LogP contribution is 2.37. The van der Waals surface area contributed by atoms with Crippen molar-refractivity contribution in [3.8, 4) is 0 Å². The van der Waals surface area contributed by atoms with Crippen LogP contribution in [-0.2, 0) is 14.3 Å². The van der Waals surface area contributed by atoms with Crippen molar-refractivity contribution in [2.75, 3.05) is 0 Å². The molecule has 5 nitrogen and oxygen atoms in total. The third-order valence-corrected chi connectivity index (χ3v) is 3.85. The number of benzene rings is 1. The maximum absolute atomic E-state index is 12.5. The molecule has 1 aliphatic rings. The van der Waals surface area contributed by atoms with E-state index in [9.17, 15) is 14.7 Å². The molecule has 0 radical (unpaired) electrons. The Bertz CT molecular complexity index is 541. The molecule has 0 amide bonds. The van der Waals surface area contributed by atoms with Crippen LogP contribution in [-0.4, -0.2) is 34.4 Å². The summed E-state index contributed by atoms with van der Waals surface area (Å²) in [6.07, 6.45) is -0.346. The van der Waals surface area contributed by atoms with E-state index in [0.717, 1.165) is 0 Å². The van der Waals surface area contributed by atoms with E-state index in [0.29, 0.717) is 5.56 Å². The summed E-state index contributed by atoms with van der Waals surface area (Å²) in [4.78, 5) is 23.6. The Labute approximate surface area is 123 Å². The molecule has 1 aromatic carbocycles. The number of carbonyl (C=O) groups excluding carboxylic acids is 2. The number of hydrogen-bond donors (Lipinski definition) is 1. The highest BCUT2D eigenvalue weighted by Gasteiger charge is 2.51. The predicted octanol–water partition coefficient (Wildman–Crippen LogP) is 2.08. The van der Waals surface area contributed by atoms with Gasteiger partial charge in [-0.3, -0.25) is 9.59 Å². The van der Waals surface area contributed by atoms with Crippen molar-refractivity contribution in [1.82, 2.24) is 0 Å². The van der Waals surface area contributed by atoms with Crippen molar-refractivity contribution < 1.29 is 24.2 Å². The zero-order valence-electron chi connectivity index (χ0n) is 12.5. The zero-order valence-corrected chi connectivity index (χ0v) is 12.5. The molecular formula is C16H20O5. The Morgan fingerprint density at radius 2 is 1.90 bits per heavy atom. The average Bonchev–Trinajstić information content (AvgIpc) is 2.43. The average molecular weight is 292 g/mol. The number of Topliss-reactive ketones (excluding diaryl/α,β-unsaturated/α-hetero) is 1. The summed E-state index contributed by atoms with van der Waals surface area (Å²) in [5.74, 6) is -1.93. The van der Waals surface area contributed by atoms with E-state index in [1.54, 1.807) is 44.2 Å². The van der Waals surface area contributed by atoms with Gasteiger partial charge < -0.3 is 14.6 Å². The van der Waals surface area contributed by atoms with Crippen LogP contribution in [0.2, 0.25) is 0 Å². The number of ether oxygens (including phenoxy) is 2. The van der Waals surface area contributed by atoms with Gasteiger partial charge >= 0.3 is 5.97 Å². The monoisotopic (exact) mass is 292 g/mol. The van der Waals surface area contributed by atoms with Crippen LogP contribution in [0.1, 0.15) is 44.0 Å². The SMILES string of the molecule is CC(=O)O[C@@]1(C)CC[C@](O)(C(=O)c2ccccc2)[C@@H](C)O1. The van der Waals surface area contributed by atoms with Gasteiger partial charge in [-0.05, 0) is 13.3 Å². The maximum Gasteiger partial charge on any atom is 0.305 e. The van der Waals surface area contributed by atoms with Gasteiger partial charge in [0, 0.05) is 25.8 Å². The van der Waals surface area contributed by atoms with Crippen LogP contribution in [0, 0.1) is 0 Å². The highest BCUT2D eigenvalue weighted by atomic mass is 16.7. The van der Waals surface area contributed by atoms with Gasteiger partial charge in [-0.1, -0.05) is 30.3 Å². The molecule has 5 heteroatoms. The molecule has 114 valence electrons. The summed E-state index contributed by atoms with van der Waals surface area (Å²) in [6, 6.07) is 8.61. The Kier molecular flexibility index (Phi) is 4.16. The first-order chi connectivity index (χ1) is 9.77. The smallest absolute Gasteiger partial charge is 0.305 e. The van der Waals surface area contributed by atoms with Crippen molar-refractivity contribution in [1.29, 1.82) is 0 Å². The standard InChI is InChI=1S/C16H20O5/c1-11-16(19,14(18)13-7-5-4-6-8-13)10-9-15(3,20-11)21-12(2)17/h4-8,11,19H,9-10H2,1-3H3/t11-,15+,16-/m1/s1. The molecule has 2 rings (SSSR count). The van der Waals surface area contributed by atoms with Gasteiger partial charge in [-0.25, -0.2) is 0 Å². The lowest BCUT2D eigenvalue weighted by molar-refractivity contribution is -0.284. The number of aliphatic hydroxyl groups is 1. The van der Waals surface area contributed by atoms with Gasteiger partial charge in [0.15, 0.2) is 11.4 Å². The summed E-state index contributed by atoms with van der Waals surface area (Å²) in [6.45, 7) is 4.55. The highest BCUT2D eigenvalue weighted by molar-refractivity contribution is 6.02. The van der Waals surface area contributed by atoms with E-state index in [1.165, 1.54) is 6.92 Å². The number of ketones is 1. The third kappa shape index (κ3) is 3.14. The van der Waals surface area contributed by atoms with Crippen LogP contribution < -0.4 is 0 Å². The van der Waals surface area contributed by atoms with Crippen molar-refractivity contribution in [3.63, 3.8) is 0 Å². The van der Waals surface area contributed by atoms with E-state index < -0.39 is 23.5 Å². The minimum Gasteiger partial charge on any atom is -0.434 e. The van der Waals surface area contributed by atoms with Gasteiger partial charge in [0.25, 0.3) is 0 Å². The molecule has 1 N–H and O–H groups in total. The quantitative estimate of drug-likeness (QED) is 0.682. The third-order valence-electron chi connectivity index (χ3n) is 3.85. The van der Waals surface area contributed by atoms with Crippen LogP contribution >= 0.6 is 0 Å². The molecule has 0 aliphatic carbocycles. The lowest BCUT2D eigenvalue weighted by Crippen LogP contribution is -2.58. The van der Waals surface area contributed by atoms with Crippen LogP contribution in [0.5, 0.6) is 0 Å². The van der Waals surface area contributed by atoms with Crippen molar-refractivity contribution in [2.45, 2.75) is 51.1 Å². The lowest BCUT2D eigenvalue weighted by atomic mass is 9.80. The molecule has 0 spiro atoms. The molecule has 1 saturated heterocycles. The van der Waals surface area contributed by atoms with Crippen LogP contribution in [0.15, 0.2) is 30.3 Å². The molecule has 1 heterocycles. The second-order valence-electron chi connectivity index (χ2n) is 5.61. The fourth-order valence-corrected chi connectivity index (χ4v) is 2.67. The molecule has 3 atom stereocenters. The minimum absolute atomic E-state index is 0.172. The summed E-state index contributed by atoms with van der Waals surface area (Å²) in [5.41, 5.74) is -1.17. The number of carbonyl (C=O) groups is 2. The van der Waals surface area contributed by atoms with Crippen LogP contribution in [0.25, 0.3) is 0 Å². The summed E-state index contributed by atoms with van der Waals surface area (Å²) in [5, 5.41) is 10.7. The molecule has 0 saturated carbocycles. The number of hydrogen-bond acceptors (Lipinski definition) is 5. The van der Waals surface area contributed by atoms with E-state index in [2.05, 4.69) is 0 Å². The fraction of sp³-hybridized carbons (Fsp3) is 0.500. The van der Waals surface area contributed by atoms with E-state index >= 15 is 0 Å². The topological polar surface area (TPSA) is 72.8 Å². The predicted molar refractivity (Wildman–Crippen MR) is 75.7 cm³/mol. The number of esters is 1. The van der Waals surface area contributed by atoms with Gasteiger partial charge in [0.1, 0.15) is 0 Å². The Hall–Kier alpha value is -1.72. The van der Waals surface area contributed by atoms with Crippen LogP contribution in [0.4, 0.5) is 0 Å². The molecule has 21 heavy (non-hydrogen) atoms. The maximum atomic E-state index is 12.5. The summed E-state index contributed by atoms with van der Waals surface area (Å²) >= 11 is 0. The van der Waals surface area contributed by atoms with Gasteiger partial charge in [-0.15, -0.1) is 0 Å². The first-order valence-corrected chi connectivity index (χ1v) is 6.96. The minimum atomic E-state index is -1.61. The second-order valence-corrected chi connectivity index (χ2v) is 5.61. The second kappa shape index (κ2) is 5.58. The van der Waals surface area contributed by atoms with Gasteiger partial charge in [-0.2, -0.15) is 0 Å². The van der Waals surface area contributed by atoms with Crippen molar-refractivity contribution >= 4 is 11.8 Å². The molecule has 0 unspecified atom stereocenters. The Morgan fingerprint density at radius 1 is 1.29 bits per heavy atom. The molecule has 1 aliphatic heterocycles. The van der Waals surface area contributed by atoms with E-state index in [1.807, 2.05) is 0 Å². The Balaban J connectivity index is 2.19. The molecule has 0 aromatic heterocycles. The molecule has 0 bridgehead atoms. The molecule has 1 aromatic rings. The largest absolute Gasteiger partial charge is 0.434 e. The number of rotatable bonds is 3. The van der Waals surface area contributed by atoms with Crippen molar-refractivity contribution in [3.05, 3.63) is 35.9 Å². The summed E-state index contributed by atoms with van der Waals surface area (Å²) in [7, 11) is 0. The van der Waals surface area contributed by atoms with Crippen LogP contribution in [0.3, 0.4) is 0 Å².